The summed E-state index contributed by atoms with van der Waals surface area (Å²) in [7, 11) is -2.00. The summed E-state index contributed by atoms with van der Waals surface area (Å²) in [4.78, 5) is 12.0. The van der Waals surface area contributed by atoms with Gasteiger partial charge in [-0.05, 0) is 24.6 Å². The lowest BCUT2D eigenvalue weighted by Gasteiger charge is -2.13. The molecule has 0 heterocycles. The minimum absolute atomic E-state index is 0.462. The van der Waals surface area contributed by atoms with Gasteiger partial charge in [0.15, 0.2) is 15.6 Å². The topological polar surface area (TPSA) is 84.2 Å². The van der Waals surface area contributed by atoms with Crippen LogP contribution in [0.1, 0.15) is 18.4 Å². The summed E-state index contributed by atoms with van der Waals surface area (Å²) in [5, 5.41) is 7.90. The van der Waals surface area contributed by atoms with E-state index >= 15 is 0 Å². The van der Waals surface area contributed by atoms with E-state index in [4.69, 9.17) is 10.00 Å². The van der Waals surface area contributed by atoms with Gasteiger partial charge in [-0.25, -0.2) is 8.42 Å². The SMILES string of the molecule is COc1ccc(C(C#N)C(=O)C(C)S(C)(=O)=O)cc1. The normalized spacial score (nSPS) is 14.2. The molecule has 2 atom stereocenters. The second-order valence-corrected chi connectivity index (χ2v) is 6.58. The molecule has 0 saturated heterocycles. The number of hydrogen-bond donors (Lipinski definition) is 0. The molecule has 0 fully saturated rings. The number of ether oxygens (including phenoxy) is 1. The van der Waals surface area contributed by atoms with Crippen molar-refractivity contribution in [2.24, 2.45) is 0 Å². The summed E-state index contributed by atoms with van der Waals surface area (Å²) in [5.41, 5.74) is 0.462. The van der Waals surface area contributed by atoms with Crippen LogP contribution in [-0.2, 0) is 14.6 Å². The van der Waals surface area contributed by atoms with E-state index in [0.29, 0.717) is 11.3 Å². The van der Waals surface area contributed by atoms with Gasteiger partial charge in [0.2, 0.25) is 0 Å². The number of nitrogens with zero attached hydrogens (tertiary/aromatic N) is 1. The predicted molar refractivity (Wildman–Crippen MR) is 70.7 cm³/mol. The number of rotatable bonds is 5. The van der Waals surface area contributed by atoms with E-state index < -0.39 is 26.8 Å². The maximum atomic E-state index is 12.0. The summed E-state index contributed by atoms with van der Waals surface area (Å²) >= 11 is 0. The van der Waals surface area contributed by atoms with Crippen LogP contribution < -0.4 is 4.74 Å². The molecule has 0 aliphatic heterocycles. The van der Waals surface area contributed by atoms with Crippen molar-refractivity contribution < 1.29 is 17.9 Å². The number of methoxy groups -OCH3 is 1. The lowest BCUT2D eigenvalue weighted by atomic mass is 9.94. The molecule has 102 valence electrons. The highest BCUT2D eigenvalue weighted by molar-refractivity contribution is 7.92. The number of carbonyl (C=O) groups excluding carboxylic acids is 1. The predicted octanol–water partition coefficient (Wildman–Crippen LogP) is 1.30. The Kier molecular flexibility index (Phi) is 4.67. The Morgan fingerprint density at radius 1 is 1.32 bits per heavy atom. The van der Waals surface area contributed by atoms with Gasteiger partial charge in [-0.3, -0.25) is 4.79 Å². The van der Waals surface area contributed by atoms with Crippen LogP contribution in [0.25, 0.3) is 0 Å². The molecule has 2 unspecified atom stereocenters. The Labute approximate surface area is 112 Å². The number of hydrogen-bond acceptors (Lipinski definition) is 5. The number of sulfone groups is 1. The molecule has 5 nitrogen and oxygen atoms in total. The number of Topliss-reactive ketones (excluding diaryl/α,β-unsaturated/α-hetero) is 1. The smallest absolute Gasteiger partial charge is 0.172 e. The average molecular weight is 281 g/mol. The van der Waals surface area contributed by atoms with Crippen LogP contribution in [0.2, 0.25) is 0 Å². The maximum Gasteiger partial charge on any atom is 0.172 e. The molecule has 0 aromatic heterocycles. The molecule has 0 aliphatic carbocycles. The molecular formula is C13H15NO4S. The van der Waals surface area contributed by atoms with Gasteiger partial charge in [-0.15, -0.1) is 0 Å². The monoisotopic (exact) mass is 281 g/mol. The highest BCUT2D eigenvalue weighted by Crippen LogP contribution is 2.22. The Morgan fingerprint density at radius 3 is 2.21 bits per heavy atom. The number of benzene rings is 1. The molecule has 0 N–H and O–H groups in total. The molecule has 0 spiro atoms. The standard InChI is InChI=1S/C13H15NO4S/c1-9(19(3,16)17)13(15)12(8-14)10-4-6-11(18-2)7-5-10/h4-7,9,12H,1-3H3. The van der Waals surface area contributed by atoms with Crippen molar-refractivity contribution >= 4 is 15.6 Å². The first kappa shape index (κ1) is 15.2. The Hall–Kier alpha value is -1.87. The molecule has 6 heteroatoms. The quantitative estimate of drug-likeness (QED) is 0.812. The lowest BCUT2D eigenvalue weighted by Crippen LogP contribution is -2.30. The summed E-state index contributed by atoms with van der Waals surface area (Å²) in [6, 6.07) is 8.27. The first-order valence-electron chi connectivity index (χ1n) is 5.57. The summed E-state index contributed by atoms with van der Waals surface area (Å²) in [6.07, 6.45) is 0.984. The zero-order chi connectivity index (χ0) is 14.6. The van der Waals surface area contributed by atoms with E-state index in [1.165, 1.54) is 14.0 Å². The van der Waals surface area contributed by atoms with Crippen molar-refractivity contribution in [2.45, 2.75) is 18.1 Å². The second kappa shape index (κ2) is 5.85. The van der Waals surface area contributed by atoms with E-state index in [9.17, 15) is 13.2 Å². The van der Waals surface area contributed by atoms with Crippen molar-refractivity contribution in [2.75, 3.05) is 13.4 Å². The van der Waals surface area contributed by atoms with E-state index in [0.717, 1.165) is 6.26 Å². The number of carbonyl (C=O) groups is 1. The fraction of sp³-hybridized carbons (Fsp3) is 0.385. The van der Waals surface area contributed by atoms with E-state index in [-0.39, 0.29) is 0 Å². The fourth-order valence-electron chi connectivity index (χ4n) is 1.54. The molecule has 0 radical (unpaired) electrons. The highest BCUT2D eigenvalue weighted by Gasteiger charge is 2.31. The molecule has 1 rings (SSSR count). The van der Waals surface area contributed by atoms with Crippen LogP contribution in [0.3, 0.4) is 0 Å². The van der Waals surface area contributed by atoms with Crippen molar-refractivity contribution in [1.82, 2.24) is 0 Å². The van der Waals surface area contributed by atoms with E-state index in [2.05, 4.69) is 0 Å². The number of nitriles is 1. The van der Waals surface area contributed by atoms with Gasteiger partial charge in [0.25, 0.3) is 0 Å². The zero-order valence-corrected chi connectivity index (χ0v) is 11.8. The highest BCUT2D eigenvalue weighted by atomic mass is 32.2. The van der Waals surface area contributed by atoms with Crippen molar-refractivity contribution in [3.8, 4) is 11.8 Å². The van der Waals surface area contributed by atoms with Gasteiger partial charge >= 0.3 is 0 Å². The molecule has 19 heavy (non-hydrogen) atoms. The van der Waals surface area contributed by atoms with Crippen LogP contribution in [0.4, 0.5) is 0 Å². The molecule has 0 bridgehead atoms. The third-order valence-corrected chi connectivity index (χ3v) is 4.42. The van der Waals surface area contributed by atoms with Crippen LogP contribution in [0.15, 0.2) is 24.3 Å². The average Bonchev–Trinajstić information content (AvgIpc) is 2.38. The van der Waals surface area contributed by atoms with Crippen LogP contribution >= 0.6 is 0 Å². The zero-order valence-electron chi connectivity index (χ0n) is 11.0. The fourth-order valence-corrected chi connectivity index (χ4v) is 2.10. The van der Waals surface area contributed by atoms with Crippen molar-refractivity contribution in [1.29, 1.82) is 5.26 Å². The maximum absolute atomic E-state index is 12.0. The number of ketones is 1. The summed E-state index contributed by atoms with van der Waals surface area (Å²) < 4.78 is 27.7. The molecule has 1 aromatic rings. The van der Waals surface area contributed by atoms with Crippen molar-refractivity contribution in [3.05, 3.63) is 29.8 Å². The lowest BCUT2D eigenvalue weighted by molar-refractivity contribution is -0.118. The van der Waals surface area contributed by atoms with Gasteiger partial charge in [0.05, 0.1) is 13.2 Å². The third-order valence-electron chi connectivity index (χ3n) is 2.91. The van der Waals surface area contributed by atoms with Crippen LogP contribution in [0.5, 0.6) is 5.75 Å². The first-order valence-corrected chi connectivity index (χ1v) is 7.53. The second-order valence-electron chi connectivity index (χ2n) is 4.21. The minimum Gasteiger partial charge on any atom is -0.497 e. The van der Waals surface area contributed by atoms with E-state index in [1.54, 1.807) is 24.3 Å². The minimum atomic E-state index is -3.50. The Balaban J connectivity index is 3.07. The first-order chi connectivity index (χ1) is 8.81. The van der Waals surface area contributed by atoms with Gasteiger partial charge in [0, 0.05) is 6.26 Å². The Bertz CT molecular complexity index is 599. The van der Waals surface area contributed by atoms with Gasteiger partial charge in [-0.1, -0.05) is 12.1 Å². The van der Waals surface area contributed by atoms with Crippen LogP contribution in [-0.4, -0.2) is 32.8 Å². The largest absolute Gasteiger partial charge is 0.497 e. The summed E-state index contributed by atoms with van der Waals surface area (Å²) in [6.45, 7) is 1.30. The molecule has 0 aliphatic rings. The van der Waals surface area contributed by atoms with Gasteiger partial charge < -0.3 is 4.74 Å². The molecular weight excluding hydrogens is 266 g/mol. The molecule has 0 amide bonds. The van der Waals surface area contributed by atoms with Gasteiger partial charge in [-0.2, -0.15) is 5.26 Å². The third kappa shape index (κ3) is 3.55. The Morgan fingerprint density at radius 2 is 1.84 bits per heavy atom. The van der Waals surface area contributed by atoms with E-state index in [1.807, 2.05) is 6.07 Å². The molecule has 1 aromatic carbocycles. The molecule has 0 saturated carbocycles. The van der Waals surface area contributed by atoms with Crippen molar-refractivity contribution in [3.63, 3.8) is 0 Å². The summed E-state index contributed by atoms with van der Waals surface area (Å²) in [5.74, 6) is -1.10. The van der Waals surface area contributed by atoms with Crippen LogP contribution in [0, 0.1) is 11.3 Å². The van der Waals surface area contributed by atoms with Gasteiger partial charge in [0.1, 0.15) is 16.9 Å².